The third kappa shape index (κ3) is 4.51. The second kappa shape index (κ2) is 10.4. The van der Waals surface area contributed by atoms with Gasteiger partial charge in [-0.3, -0.25) is 9.59 Å². The van der Waals surface area contributed by atoms with Crippen LogP contribution in [0.1, 0.15) is 98.3 Å². The second-order valence-corrected chi connectivity index (χ2v) is 17.4. The molecule has 8 aliphatic rings. The summed E-state index contributed by atoms with van der Waals surface area (Å²) < 4.78 is 13.5. The van der Waals surface area contributed by atoms with E-state index in [0.29, 0.717) is 52.4 Å². The Bertz CT molecular complexity index is 1110. The normalized spacial score (nSPS) is 53.6. The molecule has 0 radical (unpaired) electrons. The van der Waals surface area contributed by atoms with Gasteiger partial charge in [0.1, 0.15) is 6.42 Å². The highest BCUT2D eigenvalue weighted by molar-refractivity contribution is 5.97. The van der Waals surface area contributed by atoms with Crippen LogP contribution in [0.4, 0.5) is 0 Å². The molecule has 7 heteroatoms. The lowest BCUT2D eigenvalue weighted by molar-refractivity contribution is -0.273. The maximum absolute atomic E-state index is 13.0. The number of ether oxygens (including phenoxy) is 2. The molecule has 2 amide bonds. The SMILES string of the molecule is C[C@@H]1CC[C@@]2(OC1)O[C@H]1C[C@H]3[C@@H]4CC[C@H]5CC(NC(=O)CC(=O)N6CC7CNCC7C6)CC[C@]5(C)[C@H]4CC[C@]3(C)[C@H]1[C@@H]2C. The second-order valence-electron chi connectivity index (χ2n) is 17.4. The fraction of sp³-hybridized carbons (Fsp3) is 0.944. The summed E-state index contributed by atoms with van der Waals surface area (Å²) in [6, 6.07) is 0.223. The van der Waals surface area contributed by atoms with Crippen LogP contribution in [0, 0.1) is 64.1 Å². The van der Waals surface area contributed by atoms with Crippen molar-refractivity contribution in [1.82, 2.24) is 15.5 Å². The number of hydrogen-bond donors (Lipinski definition) is 2. The first-order valence-corrected chi connectivity index (χ1v) is 18.2. The number of fused-ring (bicyclic) bond motifs is 8. The number of amides is 2. The van der Waals surface area contributed by atoms with Gasteiger partial charge in [0.05, 0.1) is 12.7 Å². The average Bonchev–Trinajstić information content (AvgIpc) is 3.71. The lowest BCUT2D eigenvalue weighted by atomic mass is 9.44. The van der Waals surface area contributed by atoms with Crippen molar-refractivity contribution >= 4 is 11.8 Å². The minimum Gasteiger partial charge on any atom is -0.353 e. The van der Waals surface area contributed by atoms with Gasteiger partial charge in [0, 0.05) is 44.6 Å². The van der Waals surface area contributed by atoms with E-state index in [0.717, 1.165) is 69.8 Å². The molecule has 4 saturated heterocycles. The minimum atomic E-state index is -0.325. The van der Waals surface area contributed by atoms with Gasteiger partial charge in [-0.15, -0.1) is 0 Å². The Hall–Kier alpha value is -1.18. The van der Waals surface area contributed by atoms with Crippen LogP contribution in [0.3, 0.4) is 0 Å². The van der Waals surface area contributed by atoms with Gasteiger partial charge in [0.15, 0.2) is 5.79 Å². The van der Waals surface area contributed by atoms with Crippen molar-refractivity contribution in [2.75, 3.05) is 32.8 Å². The zero-order valence-electron chi connectivity index (χ0n) is 27.2. The Morgan fingerprint density at radius 2 is 1.67 bits per heavy atom. The molecule has 0 aromatic heterocycles. The number of nitrogens with zero attached hydrogens (tertiary/aromatic N) is 1. The standard InChI is InChI=1S/C36H57N3O4/c1-21-7-12-36(42-20-21)22(2)33-30(43-36)14-29-27-6-5-25-13-26(8-10-34(25,3)28(27)9-11-35(29,33)4)38-31(40)15-32(41)39-18-23-16-37-17-24(23)19-39/h21-30,33,37H,5-20H2,1-4H3,(H,38,40)/t21-,22+,23?,24?,25+,26?,27-,28+,29+,30+,33+,34+,35+,36-/m1/s1. The number of nitrogens with one attached hydrogen (secondary N) is 2. The van der Waals surface area contributed by atoms with E-state index >= 15 is 0 Å². The van der Waals surface area contributed by atoms with Crippen LogP contribution in [-0.4, -0.2) is 67.4 Å². The van der Waals surface area contributed by atoms with Gasteiger partial charge >= 0.3 is 0 Å². The fourth-order valence-electron chi connectivity index (χ4n) is 13.0. The van der Waals surface area contributed by atoms with Crippen molar-refractivity contribution < 1.29 is 19.1 Å². The largest absolute Gasteiger partial charge is 0.353 e. The van der Waals surface area contributed by atoms with Crippen LogP contribution < -0.4 is 10.6 Å². The molecule has 14 atom stereocenters. The lowest BCUT2D eigenvalue weighted by Gasteiger charge is -2.61. The van der Waals surface area contributed by atoms with Crippen LogP contribution in [0.2, 0.25) is 0 Å². The zero-order valence-corrected chi connectivity index (χ0v) is 27.2. The smallest absolute Gasteiger partial charge is 0.232 e. The molecule has 4 heterocycles. The van der Waals surface area contributed by atoms with Gasteiger partial charge in [-0.1, -0.05) is 27.7 Å². The van der Waals surface area contributed by atoms with Crippen LogP contribution >= 0.6 is 0 Å². The van der Waals surface area contributed by atoms with E-state index in [9.17, 15) is 9.59 Å². The molecule has 8 fully saturated rings. The quantitative estimate of drug-likeness (QED) is 0.450. The summed E-state index contributed by atoms with van der Waals surface area (Å²) >= 11 is 0. The van der Waals surface area contributed by atoms with Crippen molar-refractivity contribution in [3.8, 4) is 0 Å². The van der Waals surface area contributed by atoms with Crippen LogP contribution in [-0.2, 0) is 19.1 Å². The van der Waals surface area contributed by atoms with Crippen LogP contribution in [0.5, 0.6) is 0 Å². The van der Waals surface area contributed by atoms with E-state index in [4.69, 9.17) is 9.47 Å². The maximum Gasteiger partial charge on any atom is 0.232 e. The van der Waals surface area contributed by atoms with Crippen molar-refractivity contribution in [2.45, 2.75) is 116 Å². The molecular weight excluding hydrogens is 538 g/mol. The topological polar surface area (TPSA) is 79.9 Å². The van der Waals surface area contributed by atoms with Gasteiger partial charge in [0.25, 0.3) is 0 Å². The summed E-state index contributed by atoms with van der Waals surface area (Å²) in [4.78, 5) is 27.9. The van der Waals surface area contributed by atoms with Crippen molar-refractivity contribution in [3.63, 3.8) is 0 Å². The molecule has 4 aliphatic heterocycles. The maximum atomic E-state index is 13.0. The Morgan fingerprint density at radius 3 is 2.42 bits per heavy atom. The highest BCUT2D eigenvalue weighted by atomic mass is 16.7. The van der Waals surface area contributed by atoms with Gasteiger partial charge in [0.2, 0.25) is 11.8 Å². The lowest BCUT2D eigenvalue weighted by Crippen LogP contribution is -2.56. The van der Waals surface area contributed by atoms with Gasteiger partial charge < -0.3 is 25.0 Å². The molecule has 3 unspecified atom stereocenters. The molecule has 8 rings (SSSR count). The summed E-state index contributed by atoms with van der Waals surface area (Å²) in [5, 5.41) is 6.75. The molecule has 0 bridgehead atoms. The summed E-state index contributed by atoms with van der Waals surface area (Å²) in [6.45, 7) is 14.5. The highest BCUT2D eigenvalue weighted by Crippen LogP contribution is 2.71. The van der Waals surface area contributed by atoms with Gasteiger partial charge in [-0.25, -0.2) is 0 Å². The molecule has 0 aromatic carbocycles. The molecule has 1 spiro atoms. The molecule has 43 heavy (non-hydrogen) atoms. The minimum absolute atomic E-state index is 0.0183. The number of likely N-dealkylation sites (tertiary alicyclic amines) is 1. The Morgan fingerprint density at radius 1 is 0.907 bits per heavy atom. The summed E-state index contributed by atoms with van der Waals surface area (Å²) in [7, 11) is 0. The van der Waals surface area contributed by atoms with Gasteiger partial charge in [-0.2, -0.15) is 0 Å². The highest BCUT2D eigenvalue weighted by Gasteiger charge is 2.69. The van der Waals surface area contributed by atoms with E-state index in [-0.39, 0.29) is 30.1 Å². The molecule has 0 aromatic rings. The Kier molecular flexibility index (Phi) is 7.08. The molecular formula is C36H57N3O4. The Balaban J connectivity index is 0.888. The van der Waals surface area contributed by atoms with E-state index in [1.165, 1.54) is 44.9 Å². The third-order valence-corrected chi connectivity index (χ3v) is 15.4. The average molecular weight is 596 g/mol. The number of rotatable bonds is 3. The van der Waals surface area contributed by atoms with E-state index in [1.54, 1.807) is 0 Å². The van der Waals surface area contributed by atoms with Crippen LogP contribution in [0.15, 0.2) is 0 Å². The predicted molar refractivity (Wildman–Crippen MR) is 165 cm³/mol. The van der Waals surface area contributed by atoms with Crippen LogP contribution in [0.25, 0.3) is 0 Å². The molecule has 4 saturated carbocycles. The van der Waals surface area contributed by atoms with E-state index in [2.05, 4.69) is 38.3 Å². The third-order valence-electron chi connectivity index (χ3n) is 15.4. The summed E-state index contributed by atoms with van der Waals surface area (Å²) in [6.07, 6.45) is 12.6. The molecule has 7 nitrogen and oxygen atoms in total. The number of carbonyl (C=O) groups excluding carboxylic acids is 2. The van der Waals surface area contributed by atoms with E-state index < -0.39 is 0 Å². The monoisotopic (exact) mass is 595 g/mol. The molecule has 2 N–H and O–H groups in total. The summed E-state index contributed by atoms with van der Waals surface area (Å²) in [5.41, 5.74) is 0.739. The fourth-order valence-corrected chi connectivity index (χ4v) is 13.0. The number of carbonyl (C=O) groups is 2. The first kappa shape index (κ1) is 29.2. The first-order chi connectivity index (χ1) is 20.6. The van der Waals surface area contributed by atoms with Crippen molar-refractivity contribution in [1.29, 1.82) is 0 Å². The summed E-state index contributed by atoms with van der Waals surface area (Å²) in [5.74, 6) is 5.59. The molecule has 4 aliphatic carbocycles. The zero-order chi connectivity index (χ0) is 29.7. The first-order valence-electron chi connectivity index (χ1n) is 18.2. The Labute approximate surface area is 259 Å². The van der Waals surface area contributed by atoms with Crippen molar-refractivity contribution in [2.24, 2.45) is 64.1 Å². The predicted octanol–water partition coefficient (Wildman–Crippen LogP) is 4.99. The van der Waals surface area contributed by atoms with E-state index in [1.807, 2.05) is 4.90 Å². The van der Waals surface area contributed by atoms with Crippen molar-refractivity contribution in [3.05, 3.63) is 0 Å². The number of hydrogen-bond acceptors (Lipinski definition) is 5. The van der Waals surface area contributed by atoms with Gasteiger partial charge in [-0.05, 0) is 116 Å². The molecule has 240 valence electrons.